The van der Waals surface area contributed by atoms with Gasteiger partial charge >= 0.3 is 0 Å². The lowest BCUT2D eigenvalue weighted by atomic mass is 10.1. The second-order valence-corrected chi connectivity index (χ2v) is 5.81. The fourth-order valence-corrected chi connectivity index (χ4v) is 1.71. The second-order valence-electron chi connectivity index (χ2n) is 5.37. The number of ether oxygens (including phenoxy) is 1. The highest BCUT2D eigenvalue weighted by Crippen LogP contribution is 2.17. The van der Waals surface area contributed by atoms with Crippen LogP contribution >= 0.6 is 11.6 Å². The summed E-state index contributed by atoms with van der Waals surface area (Å²) >= 11 is 5.87. The summed E-state index contributed by atoms with van der Waals surface area (Å²) in [6.07, 6.45) is 2.26. The van der Waals surface area contributed by atoms with E-state index in [0.717, 1.165) is 30.3 Å². The molecular weight excluding hydrogens is 234 g/mol. The van der Waals surface area contributed by atoms with Crippen molar-refractivity contribution < 1.29 is 10.1 Å². The lowest BCUT2D eigenvalue weighted by Crippen LogP contribution is -2.94. The Labute approximate surface area is 109 Å². The Morgan fingerprint density at radius 1 is 1.24 bits per heavy atom. The van der Waals surface area contributed by atoms with Crippen molar-refractivity contribution in [1.29, 1.82) is 0 Å². The molecule has 0 aliphatic rings. The van der Waals surface area contributed by atoms with E-state index in [1.54, 1.807) is 0 Å². The van der Waals surface area contributed by atoms with E-state index in [1.807, 2.05) is 24.3 Å². The van der Waals surface area contributed by atoms with Crippen LogP contribution in [0, 0.1) is 0 Å². The molecule has 0 heterocycles. The Kier molecular flexibility index (Phi) is 5.79. The molecule has 0 saturated carbocycles. The third-order valence-corrected chi connectivity index (χ3v) is 2.66. The van der Waals surface area contributed by atoms with Gasteiger partial charge in [0.2, 0.25) is 0 Å². The second kappa shape index (κ2) is 6.87. The van der Waals surface area contributed by atoms with Crippen molar-refractivity contribution in [2.45, 2.75) is 39.2 Å². The average molecular weight is 257 g/mol. The fraction of sp³-hybridized carbons (Fsp3) is 0.571. The third-order valence-electron chi connectivity index (χ3n) is 2.42. The molecule has 2 nitrogen and oxygen atoms in total. The maximum absolute atomic E-state index is 5.87. The third kappa shape index (κ3) is 7.24. The van der Waals surface area contributed by atoms with E-state index in [4.69, 9.17) is 16.3 Å². The lowest BCUT2D eigenvalue weighted by molar-refractivity contribution is -0.717. The zero-order chi connectivity index (χ0) is 12.7. The molecule has 0 radical (unpaired) electrons. The summed E-state index contributed by atoms with van der Waals surface area (Å²) in [5, 5.41) is 3.09. The van der Waals surface area contributed by atoms with Crippen LogP contribution in [0.3, 0.4) is 0 Å². The molecule has 3 heteroatoms. The maximum Gasteiger partial charge on any atom is 0.120 e. The van der Waals surface area contributed by atoms with Gasteiger partial charge in [-0.2, -0.15) is 0 Å². The molecule has 0 aliphatic heterocycles. The van der Waals surface area contributed by atoms with Gasteiger partial charge in [0, 0.05) is 5.02 Å². The summed E-state index contributed by atoms with van der Waals surface area (Å²) in [7, 11) is 0. The number of hydrogen-bond donors (Lipinski definition) is 1. The first kappa shape index (κ1) is 14.3. The summed E-state index contributed by atoms with van der Waals surface area (Å²) < 4.78 is 5.62. The van der Waals surface area contributed by atoms with Crippen molar-refractivity contribution in [2.24, 2.45) is 0 Å². The standard InChI is InChI=1S/C14H22ClNO/c1-14(2,3)16-9-4-5-10-17-13-8-6-7-12(15)11-13/h6-8,11,16H,4-5,9-10H2,1-3H3/p+1. The molecule has 0 saturated heterocycles. The average Bonchev–Trinajstić information content (AvgIpc) is 2.22. The van der Waals surface area contributed by atoms with E-state index >= 15 is 0 Å². The van der Waals surface area contributed by atoms with Gasteiger partial charge in [0.15, 0.2) is 0 Å². The van der Waals surface area contributed by atoms with Crippen molar-refractivity contribution in [1.82, 2.24) is 0 Å². The Morgan fingerprint density at radius 3 is 2.65 bits per heavy atom. The molecule has 96 valence electrons. The first-order valence-electron chi connectivity index (χ1n) is 6.20. The molecule has 0 aliphatic carbocycles. The van der Waals surface area contributed by atoms with Crippen LogP contribution in [0.15, 0.2) is 24.3 Å². The predicted molar refractivity (Wildman–Crippen MR) is 72.7 cm³/mol. The van der Waals surface area contributed by atoms with Crippen molar-refractivity contribution in [3.63, 3.8) is 0 Å². The van der Waals surface area contributed by atoms with Gasteiger partial charge in [-0.3, -0.25) is 0 Å². The van der Waals surface area contributed by atoms with Crippen LogP contribution in [0.1, 0.15) is 33.6 Å². The Bertz CT molecular complexity index is 333. The molecule has 1 aromatic carbocycles. The maximum atomic E-state index is 5.87. The number of halogens is 1. The SMILES string of the molecule is CC(C)(C)[NH2+]CCCCOc1cccc(Cl)c1. The van der Waals surface area contributed by atoms with Crippen LogP contribution < -0.4 is 10.1 Å². The van der Waals surface area contributed by atoms with Crippen molar-refractivity contribution in [2.75, 3.05) is 13.2 Å². The summed E-state index contributed by atoms with van der Waals surface area (Å²) in [5.74, 6) is 0.859. The van der Waals surface area contributed by atoms with Gasteiger partial charge in [-0.15, -0.1) is 0 Å². The molecule has 1 rings (SSSR count). The summed E-state index contributed by atoms with van der Waals surface area (Å²) in [6, 6.07) is 7.55. The van der Waals surface area contributed by atoms with Gasteiger partial charge in [-0.1, -0.05) is 17.7 Å². The molecule has 0 atom stereocenters. The highest BCUT2D eigenvalue weighted by atomic mass is 35.5. The zero-order valence-corrected chi connectivity index (χ0v) is 11.8. The highest BCUT2D eigenvalue weighted by Gasteiger charge is 2.11. The number of hydrogen-bond acceptors (Lipinski definition) is 1. The minimum Gasteiger partial charge on any atom is -0.494 e. The molecule has 0 fully saturated rings. The molecule has 2 N–H and O–H groups in total. The lowest BCUT2D eigenvalue weighted by Gasteiger charge is -2.16. The van der Waals surface area contributed by atoms with Gasteiger partial charge in [0.25, 0.3) is 0 Å². The van der Waals surface area contributed by atoms with E-state index < -0.39 is 0 Å². The van der Waals surface area contributed by atoms with Crippen LogP contribution in [0.5, 0.6) is 5.75 Å². The molecule has 0 bridgehead atoms. The smallest absolute Gasteiger partial charge is 0.120 e. The molecular formula is C14H23ClNO+. The fourth-order valence-electron chi connectivity index (χ4n) is 1.53. The van der Waals surface area contributed by atoms with Gasteiger partial charge < -0.3 is 10.1 Å². The molecule has 0 aromatic heterocycles. The van der Waals surface area contributed by atoms with Crippen LogP contribution in [-0.4, -0.2) is 18.7 Å². The van der Waals surface area contributed by atoms with E-state index in [-0.39, 0.29) is 0 Å². The molecule has 17 heavy (non-hydrogen) atoms. The molecule has 0 spiro atoms. The van der Waals surface area contributed by atoms with Crippen LogP contribution in [0.25, 0.3) is 0 Å². The van der Waals surface area contributed by atoms with Gasteiger partial charge in [-0.25, -0.2) is 0 Å². The summed E-state index contributed by atoms with van der Waals surface area (Å²) in [6.45, 7) is 8.61. The quantitative estimate of drug-likeness (QED) is 0.779. The predicted octanol–water partition coefficient (Wildman–Crippen LogP) is 2.86. The Morgan fingerprint density at radius 2 is 2.00 bits per heavy atom. The van der Waals surface area contributed by atoms with Crippen molar-refractivity contribution >= 4 is 11.6 Å². The molecule has 1 aromatic rings. The normalized spacial score (nSPS) is 11.5. The minimum absolute atomic E-state index is 0.327. The van der Waals surface area contributed by atoms with Crippen molar-refractivity contribution in [3.05, 3.63) is 29.3 Å². The topological polar surface area (TPSA) is 25.8 Å². The van der Waals surface area contributed by atoms with E-state index in [2.05, 4.69) is 26.1 Å². The van der Waals surface area contributed by atoms with Crippen molar-refractivity contribution in [3.8, 4) is 5.75 Å². The monoisotopic (exact) mass is 256 g/mol. The number of rotatable bonds is 6. The first-order valence-corrected chi connectivity index (χ1v) is 6.58. The molecule has 0 amide bonds. The Balaban J connectivity index is 2.09. The Hall–Kier alpha value is -0.730. The van der Waals surface area contributed by atoms with Gasteiger partial charge in [-0.05, 0) is 51.8 Å². The van der Waals surface area contributed by atoms with Gasteiger partial charge in [0.1, 0.15) is 5.75 Å². The number of unbranched alkanes of at least 4 members (excludes halogenated alkanes) is 1. The van der Waals surface area contributed by atoms with E-state index in [0.29, 0.717) is 5.54 Å². The van der Waals surface area contributed by atoms with Crippen LogP contribution in [0.4, 0.5) is 0 Å². The highest BCUT2D eigenvalue weighted by molar-refractivity contribution is 6.30. The van der Waals surface area contributed by atoms with E-state index in [1.165, 1.54) is 6.42 Å². The van der Waals surface area contributed by atoms with Gasteiger partial charge in [0.05, 0.1) is 18.7 Å². The number of benzene rings is 1. The van der Waals surface area contributed by atoms with Crippen LogP contribution in [0.2, 0.25) is 5.02 Å². The minimum atomic E-state index is 0.327. The zero-order valence-electron chi connectivity index (χ0n) is 11.0. The van der Waals surface area contributed by atoms with Crippen LogP contribution in [-0.2, 0) is 0 Å². The van der Waals surface area contributed by atoms with E-state index in [9.17, 15) is 0 Å². The number of quaternary nitrogens is 1. The largest absolute Gasteiger partial charge is 0.494 e. The summed E-state index contributed by atoms with van der Waals surface area (Å²) in [4.78, 5) is 0. The first-order chi connectivity index (χ1) is 7.97. The number of nitrogens with two attached hydrogens (primary N) is 1. The molecule has 0 unspecified atom stereocenters. The summed E-state index contributed by atoms with van der Waals surface area (Å²) in [5.41, 5.74) is 0.327.